The van der Waals surface area contributed by atoms with E-state index in [0.29, 0.717) is 34.1 Å². The molecule has 36 heavy (non-hydrogen) atoms. The van der Waals surface area contributed by atoms with E-state index in [1.165, 1.54) is 22.0 Å². The number of ether oxygens (including phenoxy) is 1. The van der Waals surface area contributed by atoms with Crippen molar-refractivity contribution >= 4 is 23.8 Å². The maximum Gasteiger partial charge on any atom is 0.341 e. The smallest absolute Gasteiger partial charge is 0.341 e. The number of amides is 2. The van der Waals surface area contributed by atoms with Crippen LogP contribution in [-0.4, -0.2) is 56.1 Å². The Morgan fingerprint density at radius 2 is 2.03 bits per heavy atom. The largest absolute Gasteiger partial charge is 0.483 e. The molecule has 9 nitrogen and oxygen atoms in total. The maximum absolute atomic E-state index is 14.4. The van der Waals surface area contributed by atoms with Crippen LogP contribution in [0.5, 0.6) is 5.75 Å². The molecule has 0 spiro atoms. The number of pyridine rings is 1. The zero-order chi connectivity index (χ0) is 25.6. The van der Waals surface area contributed by atoms with Gasteiger partial charge in [0.2, 0.25) is 0 Å². The van der Waals surface area contributed by atoms with E-state index in [0.717, 1.165) is 12.3 Å². The number of aromatic nitrogens is 3. The van der Waals surface area contributed by atoms with Gasteiger partial charge in [0.1, 0.15) is 11.9 Å². The van der Waals surface area contributed by atoms with Crippen molar-refractivity contribution in [2.24, 2.45) is 12.1 Å². The molecule has 2 amide bonds. The first-order chi connectivity index (χ1) is 17.2. The average Bonchev–Trinajstić information content (AvgIpc) is 3.41. The zero-order valence-corrected chi connectivity index (χ0v) is 20.1. The Bertz CT molecular complexity index is 1430. The fourth-order valence-electron chi connectivity index (χ4n) is 4.33. The van der Waals surface area contributed by atoms with Gasteiger partial charge in [-0.15, -0.1) is 0 Å². The lowest BCUT2D eigenvalue weighted by Crippen LogP contribution is -2.58. The molecule has 0 N–H and O–H groups in total. The molecule has 184 valence electrons. The van der Waals surface area contributed by atoms with Gasteiger partial charge in [0.15, 0.2) is 16.7 Å². The number of nitriles is 1. The van der Waals surface area contributed by atoms with E-state index in [2.05, 4.69) is 15.2 Å². The molecule has 2 aliphatic rings. The number of benzene rings is 1. The van der Waals surface area contributed by atoms with Gasteiger partial charge in [-0.2, -0.15) is 15.5 Å². The van der Waals surface area contributed by atoms with E-state index in [4.69, 9.17) is 21.6 Å². The second-order valence-corrected chi connectivity index (χ2v) is 8.95. The number of hydrogen-bond donors (Lipinski definition) is 0. The van der Waals surface area contributed by atoms with E-state index in [1.54, 1.807) is 30.9 Å². The van der Waals surface area contributed by atoms with E-state index < -0.39 is 23.8 Å². The molecule has 0 radical (unpaired) electrons. The molecule has 1 fully saturated rings. The van der Waals surface area contributed by atoms with Crippen molar-refractivity contribution in [1.82, 2.24) is 24.7 Å². The molecule has 1 aromatic carbocycles. The van der Waals surface area contributed by atoms with Crippen LogP contribution in [0.3, 0.4) is 0 Å². The third-order valence-electron chi connectivity index (χ3n) is 6.16. The number of hydrazone groups is 1. The van der Waals surface area contributed by atoms with Crippen LogP contribution in [0.25, 0.3) is 11.4 Å². The van der Waals surface area contributed by atoms with Gasteiger partial charge in [0.05, 0.1) is 48.3 Å². The summed E-state index contributed by atoms with van der Waals surface area (Å²) < 4.78 is 35.8. The summed E-state index contributed by atoms with van der Waals surface area (Å²) in [4.78, 5) is 18.7. The number of carbonyl (C=O) groups is 1. The van der Waals surface area contributed by atoms with Gasteiger partial charge < -0.3 is 9.64 Å². The molecule has 3 aromatic rings. The molecule has 0 aliphatic carbocycles. The van der Waals surface area contributed by atoms with Gasteiger partial charge in [-0.3, -0.25) is 9.67 Å². The third kappa shape index (κ3) is 4.24. The Balaban J connectivity index is 1.26. The van der Waals surface area contributed by atoms with Gasteiger partial charge in [0.25, 0.3) is 0 Å². The van der Waals surface area contributed by atoms with Crippen molar-refractivity contribution in [1.29, 1.82) is 5.26 Å². The fourth-order valence-corrected chi connectivity index (χ4v) is 4.54. The minimum Gasteiger partial charge on any atom is -0.483 e. The van der Waals surface area contributed by atoms with Crippen molar-refractivity contribution < 1.29 is 18.3 Å². The van der Waals surface area contributed by atoms with Crippen LogP contribution in [0, 0.1) is 29.9 Å². The normalized spacial score (nSPS) is 17.3. The Morgan fingerprint density at radius 1 is 1.25 bits per heavy atom. The van der Waals surface area contributed by atoms with Crippen LogP contribution in [0.1, 0.15) is 29.2 Å². The first-order valence-electron chi connectivity index (χ1n) is 11.1. The van der Waals surface area contributed by atoms with Crippen LogP contribution in [0.4, 0.5) is 13.6 Å². The molecule has 5 rings (SSSR count). The number of nitrogens with zero attached hydrogens (tertiary/aromatic N) is 7. The van der Waals surface area contributed by atoms with Crippen molar-refractivity contribution in [2.75, 3.05) is 13.1 Å². The van der Waals surface area contributed by atoms with Crippen LogP contribution < -0.4 is 4.74 Å². The summed E-state index contributed by atoms with van der Waals surface area (Å²) in [6.45, 7) is 2.24. The summed E-state index contributed by atoms with van der Waals surface area (Å²) in [5, 5.41) is 19.0. The fraction of sp³-hybridized carbons (Fsp3) is 0.292. The highest BCUT2D eigenvalue weighted by Crippen LogP contribution is 2.33. The second kappa shape index (κ2) is 9.20. The van der Waals surface area contributed by atoms with E-state index in [1.807, 2.05) is 6.07 Å². The summed E-state index contributed by atoms with van der Waals surface area (Å²) in [5.41, 5.74) is 2.47. The number of halogens is 3. The lowest BCUT2D eigenvalue weighted by atomic mass is 10.0. The third-order valence-corrected chi connectivity index (χ3v) is 6.52. The van der Waals surface area contributed by atoms with E-state index >= 15 is 0 Å². The number of aryl methyl sites for hydroxylation is 1. The summed E-state index contributed by atoms with van der Waals surface area (Å²) in [6, 6.07) is 6.48. The molecule has 0 unspecified atom stereocenters. The van der Waals surface area contributed by atoms with Crippen LogP contribution in [-0.2, 0) is 7.05 Å². The molecule has 1 saturated heterocycles. The van der Waals surface area contributed by atoms with E-state index in [-0.39, 0.29) is 30.4 Å². The Morgan fingerprint density at radius 3 is 2.72 bits per heavy atom. The summed E-state index contributed by atoms with van der Waals surface area (Å²) >= 11 is 6.09. The minimum atomic E-state index is -0.627. The lowest BCUT2D eigenvalue weighted by molar-refractivity contribution is 0.0257. The predicted molar refractivity (Wildman–Crippen MR) is 126 cm³/mol. The molecule has 4 heterocycles. The summed E-state index contributed by atoms with van der Waals surface area (Å²) in [5.74, 6) is -1.17. The maximum atomic E-state index is 14.4. The van der Waals surface area contributed by atoms with Gasteiger partial charge in [-0.25, -0.2) is 18.6 Å². The highest BCUT2D eigenvalue weighted by Gasteiger charge is 2.39. The molecule has 2 aliphatic heterocycles. The summed E-state index contributed by atoms with van der Waals surface area (Å²) in [6.07, 6.45) is 2.62. The van der Waals surface area contributed by atoms with Crippen LogP contribution in [0.2, 0.25) is 5.15 Å². The molecule has 12 heteroatoms. The Kier molecular flexibility index (Phi) is 6.05. The second-order valence-electron chi connectivity index (χ2n) is 8.59. The zero-order valence-electron chi connectivity index (χ0n) is 19.3. The van der Waals surface area contributed by atoms with Crippen molar-refractivity contribution in [3.05, 3.63) is 63.9 Å². The highest BCUT2D eigenvalue weighted by molar-refractivity contribution is 6.30. The minimum absolute atomic E-state index is 0.00897. The average molecular weight is 512 g/mol. The van der Waals surface area contributed by atoms with Crippen LogP contribution >= 0.6 is 11.6 Å². The quantitative estimate of drug-likeness (QED) is 0.522. The SMILES string of the molecule is Cc1c(Cl)nn(C)c1-c1cc(OC2CN(C(=O)N3N=CC[C@H]3c3cc(F)cc(C#N)c3)C2)c(F)cn1. The van der Waals surface area contributed by atoms with E-state index in [9.17, 15) is 13.6 Å². The van der Waals surface area contributed by atoms with Crippen molar-refractivity contribution in [2.45, 2.75) is 25.5 Å². The molecule has 0 bridgehead atoms. The highest BCUT2D eigenvalue weighted by atomic mass is 35.5. The molecule has 1 atom stereocenters. The Labute approximate surface area is 210 Å². The first-order valence-corrected chi connectivity index (χ1v) is 11.5. The summed E-state index contributed by atoms with van der Waals surface area (Å²) in [7, 11) is 1.72. The van der Waals surface area contributed by atoms with Crippen molar-refractivity contribution in [3.63, 3.8) is 0 Å². The molecular weight excluding hydrogens is 492 g/mol. The van der Waals surface area contributed by atoms with Crippen LogP contribution in [0.15, 0.2) is 35.6 Å². The van der Waals surface area contributed by atoms with Crippen molar-refractivity contribution in [3.8, 4) is 23.2 Å². The topological polar surface area (TPSA) is 99.6 Å². The van der Waals surface area contributed by atoms with Gasteiger partial charge in [-0.05, 0) is 30.7 Å². The number of urea groups is 1. The molecule has 2 aromatic heterocycles. The number of likely N-dealkylation sites (tertiary alicyclic amines) is 1. The number of carbonyl (C=O) groups excluding carboxylic acids is 1. The standard InChI is InChI=1S/C24H20ClF2N7O2/c1-13-22(32(2)31-23(13)25)19-8-21(18(27)10-29-19)36-17-11-33(12-17)24(35)34-20(3-4-30-34)15-5-14(9-28)6-16(26)7-15/h4-8,10,17,20H,3,11-12H2,1-2H3/t20-/m0/s1. The lowest BCUT2D eigenvalue weighted by Gasteiger charge is -2.41. The van der Waals surface area contributed by atoms with Gasteiger partial charge in [-0.1, -0.05) is 11.6 Å². The van der Waals surface area contributed by atoms with Gasteiger partial charge >= 0.3 is 6.03 Å². The molecule has 0 saturated carbocycles. The first kappa shape index (κ1) is 23.7. The van der Waals surface area contributed by atoms with Gasteiger partial charge in [0, 0.05) is 31.3 Å². The number of hydrogen-bond acceptors (Lipinski definition) is 6. The number of rotatable bonds is 4. The Hall–Kier alpha value is -4.04. The predicted octanol–water partition coefficient (Wildman–Crippen LogP) is 4.21. The monoisotopic (exact) mass is 511 g/mol. The molecular formula is C24H20ClF2N7O2.